The highest BCUT2D eigenvalue weighted by atomic mass is 79.9. The lowest BCUT2D eigenvalue weighted by atomic mass is 10.2. The molecule has 15 heavy (non-hydrogen) atoms. The van der Waals surface area contributed by atoms with Gasteiger partial charge in [0.05, 0.1) is 5.69 Å². The van der Waals surface area contributed by atoms with Crippen molar-refractivity contribution in [1.29, 1.82) is 0 Å². The predicted molar refractivity (Wildman–Crippen MR) is 66.0 cm³/mol. The molecule has 0 bridgehead atoms. The zero-order valence-corrected chi connectivity index (χ0v) is 10.5. The Labute approximate surface area is 97.4 Å². The first-order chi connectivity index (χ1) is 7.15. The molecular formula is C11H14BrN3. The molecule has 2 rings (SSSR count). The number of nitrogen functional groups attached to an aromatic ring is 1. The van der Waals surface area contributed by atoms with Crippen molar-refractivity contribution in [3.8, 4) is 0 Å². The molecule has 0 aliphatic carbocycles. The minimum absolute atomic E-state index is 0.651. The van der Waals surface area contributed by atoms with Crippen molar-refractivity contribution in [2.45, 2.75) is 26.7 Å². The first-order valence-electron chi connectivity index (χ1n) is 5.07. The van der Waals surface area contributed by atoms with Gasteiger partial charge in [-0.3, -0.25) is 4.40 Å². The molecule has 0 spiro atoms. The van der Waals surface area contributed by atoms with Gasteiger partial charge in [-0.1, -0.05) is 13.3 Å². The van der Waals surface area contributed by atoms with Gasteiger partial charge in [0.2, 0.25) is 0 Å². The molecular weight excluding hydrogens is 254 g/mol. The summed E-state index contributed by atoms with van der Waals surface area (Å²) in [6.45, 7) is 4.21. The van der Waals surface area contributed by atoms with Crippen molar-refractivity contribution in [3.05, 3.63) is 28.0 Å². The van der Waals surface area contributed by atoms with Crippen LogP contribution in [0.15, 0.2) is 16.6 Å². The van der Waals surface area contributed by atoms with Gasteiger partial charge in [0.15, 0.2) is 0 Å². The van der Waals surface area contributed by atoms with Crippen LogP contribution in [0.25, 0.3) is 5.65 Å². The Morgan fingerprint density at radius 1 is 1.47 bits per heavy atom. The topological polar surface area (TPSA) is 43.3 Å². The maximum Gasteiger partial charge on any atom is 0.145 e. The van der Waals surface area contributed by atoms with Crippen molar-refractivity contribution in [2.75, 3.05) is 5.73 Å². The standard InChI is InChI=1S/C11H14BrN3/c1-3-4-9-11(13)14-10-6-5-8(12)7(2)15(9)10/h5-6H,3-4,13H2,1-2H3. The number of nitrogens with zero attached hydrogens (tertiary/aromatic N) is 2. The van der Waals surface area contributed by atoms with Gasteiger partial charge in [-0.25, -0.2) is 4.98 Å². The van der Waals surface area contributed by atoms with Crippen LogP contribution in [0.2, 0.25) is 0 Å². The third kappa shape index (κ3) is 1.63. The van der Waals surface area contributed by atoms with Crippen molar-refractivity contribution in [3.63, 3.8) is 0 Å². The summed E-state index contributed by atoms with van der Waals surface area (Å²) in [6, 6.07) is 3.99. The molecule has 3 nitrogen and oxygen atoms in total. The molecule has 2 N–H and O–H groups in total. The number of halogens is 1. The van der Waals surface area contributed by atoms with Crippen molar-refractivity contribution in [1.82, 2.24) is 9.38 Å². The predicted octanol–water partition coefficient (Wildman–Crippen LogP) is 2.94. The summed E-state index contributed by atoms with van der Waals surface area (Å²) >= 11 is 3.52. The minimum atomic E-state index is 0.651. The van der Waals surface area contributed by atoms with Crippen LogP contribution in [-0.2, 0) is 6.42 Å². The second-order valence-corrected chi connectivity index (χ2v) is 4.51. The van der Waals surface area contributed by atoms with Gasteiger partial charge in [-0.2, -0.15) is 0 Å². The summed E-state index contributed by atoms with van der Waals surface area (Å²) in [5.41, 5.74) is 9.11. The van der Waals surface area contributed by atoms with Crippen LogP contribution in [0.5, 0.6) is 0 Å². The average Bonchev–Trinajstić information content (AvgIpc) is 2.51. The second-order valence-electron chi connectivity index (χ2n) is 3.65. The third-order valence-electron chi connectivity index (χ3n) is 2.58. The minimum Gasteiger partial charge on any atom is -0.382 e. The maximum absolute atomic E-state index is 5.91. The van der Waals surface area contributed by atoms with Gasteiger partial charge in [0.25, 0.3) is 0 Å². The maximum atomic E-state index is 5.91. The van der Waals surface area contributed by atoms with Crippen molar-refractivity contribution in [2.24, 2.45) is 0 Å². The molecule has 0 aliphatic rings. The highest BCUT2D eigenvalue weighted by Gasteiger charge is 2.11. The summed E-state index contributed by atoms with van der Waals surface area (Å²) in [7, 11) is 0. The molecule has 2 heterocycles. The van der Waals surface area contributed by atoms with E-state index >= 15 is 0 Å². The van der Waals surface area contributed by atoms with Gasteiger partial charge >= 0.3 is 0 Å². The van der Waals surface area contributed by atoms with Crippen molar-refractivity contribution < 1.29 is 0 Å². The lowest BCUT2D eigenvalue weighted by molar-refractivity contribution is 0.857. The van der Waals surface area contributed by atoms with Crippen molar-refractivity contribution >= 4 is 27.4 Å². The second kappa shape index (κ2) is 3.85. The Balaban J connectivity index is 2.77. The van der Waals surface area contributed by atoms with Gasteiger partial charge in [0.1, 0.15) is 11.5 Å². The quantitative estimate of drug-likeness (QED) is 0.910. The lowest BCUT2D eigenvalue weighted by Crippen LogP contribution is -2.00. The average molecular weight is 268 g/mol. The number of hydrogen-bond donors (Lipinski definition) is 1. The summed E-state index contributed by atoms with van der Waals surface area (Å²) in [5.74, 6) is 0.651. The molecule has 0 saturated carbocycles. The molecule has 0 amide bonds. The molecule has 2 aromatic heterocycles. The van der Waals surface area contributed by atoms with Crippen LogP contribution in [0.4, 0.5) is 5.82 Å². The zero-order valence-electron chi connectivity index (χ0n) is 8.92. The Hall–Kier alpha value is -1.03. The van der Waals surface area contributed by atoms with E-state index in [4.69, 9.17) is 5.73 Å². The molecule has 0 aromatic carbocycles. The fraction of sp³-hybridized carbons (Fsp3) is 0.364. The summed E-state index contributed by atoms with van der Waals surface area (Å²) in [5, 5.41) is 0. The molecule has 4 heteroatoms. The number of hydrogen-bond acceptors (Lipinski definition) is 2. The normalized spacial score (nSPS) is 11.1. The van der Waals surface area contributed by atoms with Crippen LogP contribution in [0.1, 0.15) is 24.7 Å². The van der Waals surface area contributed by atoms with Gasteiger partial charge in [-0.15, -0.1) is 0 Å². The molecule has 0 radical (unpaired) electrons. The van der Waals surface area contributed by atoms with E-state index in [0.29, 0.717) is 5.82 Å². The fourth-order valence-electron chi connectivity index (χ4n) is 1.83. The number of pyridine rings is 1. The lowest BCUT2D eigenvalue weighted by Gasteiger charge is -2.06. The molecule has 0 aliphatic heterocycles. The van der Waals surface area contributed by atoms with Gasteiger partial charge in [-0.05, 0) is 41.4 Å². The molecule has 2 aromatic rings. The Morgan fingerprint density at radius 2 is 2.20 bits per heavy atom. The van der Waals surface area contributed by atoms with Crippen LogP contribution in [-0.4, -0.2) is 9.38 Å². The fourth-order valence-corrected chi connectivity index (χ4v) is 2.14. The van der Waals surface area contributed by atoms with Gasteiger partial charge in [0, 0.05) is 10.2 Å². The molecule has 0 saturated heterocycles. The summed E-state index contributed by atoms with van der Waals surface area (Å²) in [6.07, 6.45) is 2.04. The molecule has 0 atom stereocenters. The molecule has 80 valence electrons. The number of aromatic nitrogens is 2. The Bertz CT molecular complexity index is 502. The van der Waals surface area contributed by atoms with Crippen LogP contribution < -0.4 is 5.73 Å². The first kappa shape index (κ1) is 10.5. The van der Waals surface area contributed by atoms with E-state index in [-0.39, 0.29) is 0 Å². The highest BCUT2D eigenvalue weighted by molar-refractivity contribution is 9.10. The number of rotatable bonds is 2. The number of aryl methyl sites for hydroxylation is 2. The monoisotopic (exact) mass is 267 g/mol. The number of imidazole rings is 1. The smallest absolute Gasteiger partial charge is 0.145 e. The van der Waals surface area contributed by atoms with E-state index in [1.54, 1.807) is 0 Å². The van der Waals surface area contributed by atoms with E-state index in [0.717, 1.165) is 34.3 Å². The van der Waals surface area contributed by atoms with Crippen LogP contribution in [0.3, 0.4) is 0 Å². The van der Waals surface area contributed by atoms with Crippen LogP contribution >= 0.6 is 15.9 Å². The van der Waals surface area contributed by atoms with E-state index in [9.17, 15) is 0 Å². The summed E-state index contributed by atoms with van der Waals surface area (Å²) in [4.78, 5) is 4.35. The largest absolute Gasteiger partial charge is 0.382 e. The Morgan fingerprint density at radius 3 is 2.87 bits per heavy atom. The number of nitrogens with two attached hydrogens (primary N) is 1. The summed E-state index contributed by atoms with van der Waals surface area (Å²) < 4.78 is 3.22. The Kier molecular flexibility index (Phi) is 2.69. The van der Waals surface area contributed by atoms with E-state index in [1.807, 2.05) is 12.1 Å². The number of fused-ring (bicyclic) bond motifs is 1. The van der Waals surface area contributed by atoms with Gasteiger partial charge < -0.3 is 5.73 Å². The van der Waals surface area contributed by atoms with E-state index < -0.39 is 0 Å². The molecule has 0 unspecified atom stereocenters. The SMILES string of the molecule is CCCc1c(N)nc2ccc(Br)c(C)n12. The van der Waals surface area contributed by atoms with E-state index in [1.165, 1.54) is 0 Å². The highest BCUT2D eigenvalue weighted by Crippen LogP contribution is 2.23. The number of anilines is 1. The van der Waals surface area contributed by atoms with Crippen LogP contribution in [0, 0.1) is 6.92 Å². The third-order valence-corrected chi connectivity index (χ3v) is 3.41. The first-order valence-corrected chi connectivity index (χ1v) is 5.86. The van der Waals surface area contributed by atoms with E-state index in [2.05, 4.69) is 39.2 Å². The molecule has 0 fully saturated rings. The zero-order chi connectivity index (χ0) is 11.0.